The van der Waals surface area contributed by atoms with Crippen LogP contribution in [0.1, 0.15) is 60.3 Å². The Hall–Kier alpha value is -1.20. The Bertz CT molecular complexity index is 351. The van der Waals surface area contributed by atoms with E-state index >= 15 is 0 Å². The van der Waals surface area contributed by atoms with Crippen molar-refractivity contribution >= 4 is 11.9 Å². The minimum atomic E-state index is -3.36. The lowest BCUT2D eigenvalue weighted by atomic mass is 10.00. The molecular formula is C15H27F2NO3. The second-order valence-electron chi connectivity index (χ2n) is 6.37. The maximum absolute atomic E-state index is 13.6. The molecule has 0 aromatic carbocycles. The molecule has 0 rings (SSSR count). The number of ether oxygens (including phenoxy) is 1. The molecule has 0 aromatic heterocycles. The molecule has 0 fully saturated rings. The second-order valence-corrected chi connectivity index (χ2v) is 6.37. The van der Waals surface area contributed by atoms with Gasteiger partial charge in [0.1, 0.15) is 5.60 Å². The van der Waals surface area contributed by atoms with Gasteiger partial charge in [0.2, 0.25) is 0 Å². The van der Waals surface area contributed by atoms with Crippen molar-refractivity contribution in [3.63, 3.8) is 0 Å². The molecule has 0 saturated heterocycles. The molecule has 0 saturated carbocycles. The maximum Gasteiger partial charge on any atom is 0.324 e. The summed E-state index contributed by atoms with van der Waals surface area (Å²) in [7, 11) is 0. The topological polar surface area (TPSA) is 55.4 Å². The van der Waals surface area contributed by atoms with Gasteiger partial charge < -0.3 is 10.1 Å². The summed E-state index contributed by atoms with van der Waals surface area (Å²) in [6, 6.07) is 0. The quantitative estimate of drug-likeness (QED) is 0.553. The van der Waals surface area contributed by atoms with Crippen LogP contribution in [0.3, 0.4) is 0 Å². The van der Waals surface area contributed by atoms with Gasteiger partial charge in [-0.2, -0.15) is 8.78 Å². The van der Waals surface area contributed by atoms with Crippen molar-refractivity contribution in [3.8, 4) is 0 Å². The molecule has 1 N–H and O–H groups in total. The Morgan fingerprint density at radius 3 is 2.29 bits per heavy atom. The van der Waals surface area contributed by atoms with E-state index in [1.165, 1.54) is 0 Å². The number of hydrogen-bond acceptors (Lipinski definition) is 3. The molecule has 0 heterocycles. The molecular weight excluding hydrogens is 280 g/mol. The lowest BCUT2D eigenvalue weighted by molar-refractivity contribution is -0.155. The van der Waals surface area contributed by atoms with Crippen LogP contribution in [0, 0.1) is 5.92 Å². The third-order valence-corrected chi connectivity index (χ3v) is 2.90. The average molecular weight is 307 g/mol. The predicted octanol–water partition coefficient (Wildman–Crippen LogP) is 3.30. The number of carbonyl (C=O) groups excluding carboxylic acids is 2. The Morgan fingerprint density at radius 1 is 1.24 bits per heavy atom. The van der Waals surface area contributed by atoms with E-state index in [0.29, 0.717) is 6.42 Å². The molecule has 0 aliphatic rings. The van der Waals surface area contributed by atoms with E-state index in [0.717, 1.165) is 0 Å². The number of alkyl halides is 2. The fraction of sp³-hybridized carbons (Fsp3) is 0.867. The molecule has 21 heavy (non-hydrogen) atoms. The van der Waals surface area contributed by atoms with Crippen molar-refractivity contribution in [2.45, 2.75) is 71.8 Å². The van der Waals surface area contributed by atoms with Gasteiger partial charge in [-0.1, -0.05) is 20.3 Å². The minimum absolute atomic E-state index is 0.0359. The highest BCUT2D eigenvalue weighted by Crippen LogP contribution is 2.25. The largest absolute Gasteiger partial charge is 0.460 e. The van der Waals surface area contributed by atoms with E-state index in [-0.39, 0.29) is 25.3 Å². The number of halogens is 2. The van der Waals surface area contributed by atoms with Gasteiger partial charge in [0, 0.05) is 19.4 Å². The first-order valence-electron chi connectivity index (χ1n) is 7.36. The molecule has 6 heteroatoms. The molecule has 0 bridgehead atoms. The highest BCUT2D eigenvalue weighted by atomic mass is 19.3. The fourth-order valence-electron chi connectivity index (χ4n) is 1.63. The molecule has 0 aromatic rings. The first-order valence-corrected chi connectivity index (χ1v) is 7.36. The van der Waals surface area contributed by atoms with Gasteiger partial charge in [0.15, 0.2) is 0 Å². The van der Waals surface area contributed by atoms with Crippen LogP contribution in [0.5, 0.6) is 0 Å². The van der Waals surface area contributed by atoms with Gasteiger partial charge in [-0.3, -0.25) is 9.59 Å². The van der Waals surface area contributed by atoms with Crippen molar-refractivity contribution in [1.29, 1.82) is 0 Å². The number of hydrogen-bond donors (Lipinski definition) is 1. The average Bonchev–Trinajstić information content (AvgIpc) is 2.31. The third kappa shape index (κ3) is 9.37. The first kappa shape index (κ1) is 19.8. The molecule has 1 atom stereocenters. The standard InChI is InChI=1S/C15H27F2NO3/c1-6-11(2)10-15(16,17)13(20)18-9-7-8-12(19)21-14(3,4)5/h11H,6-10H2,1-5H3,(H,18,20). The normalized spacial score (nSPS) is 13.7. The number of esters is 1. The summed E-state index contributed by atoms with van der Waals surface area (Å²) in [5.41, 5.74) is -0.566. The van der Waals surface area contributed by atoms with Gasteiger partial charge in [0.25, 0.3) is 5.91 Å². The van der Waals surface area contributed by atoms with Gasteiger partial charge >= 0.3 is 11.9 Å². The summed E-state index contributed by atoms with van der Waals surface area (Å²) in [4.78, 5) is 22.8. The Morgan fingerprint density at radius 2 is 1.81 bits per heavy atom. The van der Waals surface area contributed by atoms with Crippen LogP contribution >= 0.6 is 0 Å². The van der Waals surface area contributed by atoms with Crippen LogP contribution in [0.15, 0.2) is 0 Å². The van der Waals surface area contributed by atoms with E-state index in [4.69, 9.17) is 4.74 Å². The molecule has 4 nitrogen and oxygen atoms in total. The SMILES string of the molecule is CCC(C)CC(F)(F)C(=O)NCCCC(=O)OC(C)(C)C. The third-order valence-electron chi connectivity index (χ3n) is 2.90. The monoisotopic (exact) mass is 307 g/mol. The van der Waals surface area contributed by atoms with E-state index < -0.39 is 29.8 Å². The summed E-state index contributed by atoms with van der Waals surface area (Å²) in [5, 5.41) is 2.17. The van der Waals surface area contributed by atoms with E-state index in [2.05, 4.69) is 5.32 Å². The zero-order chi connectivity index (χ0) is 16.7. The first-order chi connectivity index (χ1) is 9.48. The molecule has 0 aliphatic heterocycles. The van der Waals surface area contributed by atoms with E-state index in [1.54, 1.807) is 34.6 Å². The summed E-state index contributed by atoms with van der Waals surface area (Å²) >= 11 is 0. The Labute approximate surface area is 125 Å². The minimum Gasteiger partial charge on any atom is -0.460 e. The van der Waals surface area contributed by atoms with Crippen molar-refractivity contribution in [2.24, 2.45) is 5.92 Å². The Kier molecular flexibility index (Phi) is 7.82. The summed E-state index contributed by atoms with van der Waals surface area (Å²) in [5.74, 6) is -5.25. The highest BCUT2D eigenvalue weighted by Gasteiger charge is 2.39. The van der Waals surface area contributed by atoms with Gasteiger partial charge in [-0.15, -0.1) is 0 Å². The maximum atomic E-state index is 13.6. The predicted molar refractivity (Wildman–Crippen MR) is 77.1 cm³/mol. The van der Waals surface area contributed by atoms with Crippen LogP contribution in [0.4, 0.5) is 8.78 Å². The van der Waals surface area contributed by atoms with Crippen LogP contribution in [0.25, 0.3) is 0 Å². The van der Waals surface area contributed by atoms with Gasteiger partial charge in [-0.25, -0.2) is 0 Å². The molecule has 1 unspecified atom stereocenters. The van der Waals surface area contributed by atoms with E-state index in [1.807, 2.05) is 0 Å². The number of amides is 1. The highest BCUT2D eigenvalue weighted by molar-refractivity contribution is 5.83. The summed E-state index contributed by atoms with van der Waals surface area (Å²) < 4.78 is 32.2. The summed E-state index contributed by atoms with van der Waals surface area (Å²) in [6.07, 6.45) is 0.511. The van der Waals surface area contributed by atoms with Crippen molar-refractivity contribution in [1.82, 2.24) is 5.32 Å². The smallest absolute Gasteiger partial charge is 0.324 e. The summed E-state index contributed by atoms with van der Waals surface area (Å²) in [6.45, 7) is 8.78. The molecule has 124 valence electrons. The lowest BCUT2D eigenvalue weighted by Crippen LogP contribution is -2.41. The van der Waals surface area contributed by atoms with Crippen LogP contribution in [-0.2, 0) is 14.3 Å². The van der Waals surface area contributed by atoms with Crippen LogP contribution in [0.2, 0.25) is 0 Å². The number of carbonyl (C=O) groups is 2. The van der Waals surface area contributed by atoms with Crippen LogP contribution in [-0.4, -0.2) is 29.9 Å². The van der Waals surface area contributed by atoms with Gasteiger partial charge in [0.05, 0.1) is 0 Å². The van der Waals surface area contributed by atoms with Crippen molar-refractivity contribution in [3.05, 3.63) is 0 Å². The zero-order valence-electron chi connectivity index (χ0n) is 13.6. The zero-order valence-corrected chi connectivity index (χ0v) is 13.6. The molecule has 0 radical (unpaired) electrons. The second kappa shape index (κ2) is 8.29. The van der Waals surface area contributed by atoms with Gasteiger partial charge in [-0.05, 0) is 33.1 Å². The lowest BCUT2D eigenvalue weighted by Gasteiger charge is -2.20. The van der Waals surface area contributed by atoms with Crippen molar-refractivity contribution in [2.75, 3.05) is 6.54 Å². The number of nitrogens with one attached hydrogen (secondary N) is 1. The van der Waals surface area contributed by atoms with Crippen molar-refractivity contribution < 1.29 is 23.1 Å². The molecule has 0 aliphatic carbocycles. The molecule has 0 spiro atoms. The van der Waals surface area contributed by atoms with Crippen LogP contribution < -0.4 is 5.32 Å². The fourth-order valence-corrected chi connectivity index (χ4v) is 1.63. The van der Waals surface area contributed by atoms with E-state index in [9.17, 15) is 18.4 Å². The Balaban J connectivity index is 4.01. The number of rotatable bonds is 8. The molecule has 1 amide bonds.